The third-order valence-electron chi connectivity index (χ3n) is 3.73. The molecule has 25 heavy (non-hydrogen) atoms. The Morgan fingerprint density at radius 2 is 2.00 bits per heavy atom. The Morgan fingerprint density at radius 3 is 2.64 bits per heavy atom. The zero-order valence-electron chi connectivity index (χ0n) is 13.7. The van der Waals surface area contributed by atoms with Gasteiger partial charge in [0.1, 0.15) is 16.6 Å². The van der Waals surface area contributed by atoms with E-state index in [2.05, 4.69) is 20.1 Å². The number of fused-ring (bicyclic) bond motifs is 1. The van der Waals surface area contributed by atoms with Crippen LogP contribution in [0.1, 0.15) is 0 Å². The number of halogens is 1. The van der Waals surface area contributed by atoms with Crippen molar-refractivity contribution < 1.29 is 13.2 Å². The van der Waals surface area contributed by atoms with Crippen LogP contribution in [-0.2, 0) is 10.0 Å². The maximum absolute atomic E-state index is 12.0. The first-order valence-corrected chi connectivity index (χ1v) is 9.11. The second-order valence-electron chi connectivity index (χ2n) is 5.08. The normalized spacial score (nSPS) is 11.7. The van der Waals surface area contributed by atoms with Crippen LogP contribution in [-0.4, -0.2) is 44.4 Å². The van der Waals surface area contributed by atoms with E-state index in [4.69, 9.17) is 16.3 Å². The Labute approximate surface area is 149 Å². The number of sulfonamides is 1. The van der Waals surface area contributed by atoms with Gasteiger partial charge in [-0.3, -0.25) is 0 Å². The molecule has 2 N–H and O–H groups in total. The average Bonchev–Trinajstić information content (AvgIpc) is 2.98. The number of pyridine rings is 1. The van der Waals surface area contributed by atoms with Crippen LogP contribution < -0.4 is 14.8 Å². The van der Waals surface area contributed by atoms with Gasteiger partial charge in [0.15, 0.2) is 5.82 Å². The molecule has 0 fully saturated rings. The number of nitrogens with zero attached hydrogens (tertiary/aromatic N) is 3. The highest BCUT2D eigenvalue weighted by Gasteiger charge is 2.19. The van der Waals surface area contributed by atoms with Crippen molar-refractivity contribution in [2.24, 2.45) is 0 Å². The molecule has 0 radical (unpaired) electrons. The van der Waals surface area contributed by atoms with Crippen molar-refractivity contribution in [2.45, 2.75) is 4.90 Å². The molecule has 0 spiro atoms. The van der Waals surface area contributed by atoms with Gasteiger partial charge in [-0.15, -0.1) is 5.10 Å². The minimum atomic E-state index is -3.58. The Morgan fingerprint density at radius 1 is 1.24 bits per heavy atom. The van der Waals surface area contributed by atoms with E-state index in [-0.39, 0.29) is 4.90 Å². The van der Waals surface area contributed by atoms with Gasteiger partial charge in [-0.2, -0.15) is 0 Å². The number of hydrogen-bond donors (Lipinski definition) is 2. The van der Waals surface area contributed by atoms with Gasteiger partial charge in [-0.05, 0) is 19.2 Å². The second-order valence-corrected chi connectivity index (χ2v) is 7.35. The SMILES string of the molecule is CNc1nn(-c2ccc(S(=O)(=O)NC)cc2OC)c2cc(Cl)ncc12. The van der Waals surface area contributed by atoms with Crippen LogP contribution in [0.2, 0.25) is 5.15 Å². The standard InChI is InChI=1S/C15H16ClN5O3S/c1-17-15-10-8-19-14(16)7-12(10)21(20-15)11-5-4-9(6-13(11)24-3)25(22,23)18-2/h4-8,18H,1-3H3,(H,17,20). The predicted molar refractivity (Wildman–Crippen MR) is 96.2 cm³/mol. The Hall–Kier alpha value is -2.36. The largest absolute Gasteiger partial charge is 0.494 e. The lowest BCUT2D eigenvalue weighted by molar-refractivity contribution is 0.410. The van der Waals surface area contributed by atoms with E-state index in [1.807, 2.05) is 0 Å². The first-order valence-electron chi connectivity index (χ1n) is 7.25. The summed E-state index contributed by atoms with van der Waals surface area (Å²) in [6, 6.07) is 6.24. The summed E-state index contributed by atoms with van der Waals surface area (Å²) in [6.45, 7) is 0. The lowest BCUT2D eigenvalue weighted by Gasteiger charge is -2.11. The minimum absolute atomic E-state index is 0.0978. The third kappa shape index (κ3) is 3.01. The highest BCUT2D eigenvalue weighted by Crippen LogP contribution is 2.32. The molecule has 0 unspecified atom stereocenters. The Kier molecular flexibility index (Phi) is 4.55. The van der Waals surface area contributed by atoms with Crippen LogP contribution in [0.4, 0.5) is 5.82 Å². The minimum Gasteiger partial charge on any atom is -0.494 e. The maximum atomic E-state index is 12.0. The summed E-state index contributed by atoms with van der Waals surface area (Å²) in [5.41, 5.74) is 1.29. The van der Waals surface area contributed by atoms with Crippen LogP contribution in [0.3, 0.4) is 0 Å². The molecule has 10 heteroatoms. The van der Waals surface area contributed by atoms with Gasteiger partial charge >= 0.3 is 0 Å². The van der Waals surface area contributed by atoms with Crippen LogP contribution in [0, 0.1) is 0 Å². The molecule has 2 heterocycles. The quantitative estimate of drug-likeness (QED) is 0.656. The van der Waals surface area contributed by atoms with Crippen molar-refractivity contribution in [3.63, 3.8) is 0 Å². The fraction of sp³-hybridized carbons (Fsp3) is 0.200. The van der Waals surface area contributed by atoms with Crippen LogP contribution in [0.5, 0.6) is 5.75 Å². The van der Waals surface area contributed by atoms with Crippen LogP contribution in [0.15, 0.2) is 35.4 Å². The number of benzene rings is 1. The zero-order chi connectivity index (χ0) is 18.2. The van der Waals surface area contributed by atoms with Crippen molar-refractivity contribution in [3.8, 4) is 11.4 Å². The van der Waals surface area contributed by atoms with E-state index in [9.17, 15) is 8.42 Å². The molecule has 0 saturated carbocycles. The lowest BCUT2D eigenvalue weighted by Crippen LogP contribution is -2.18. The van der Waals surface area contributed by atoms with E-state index < -0.39 is 10.0 Å². The van der Waals surface area contributed by atoms with Crippen molar-refractivity contribution >= 4 is 38.3 Å². The van der Waals surface area contributed by atoms with Gasteiger partial charge in [0, 0.05) is 25.4 Å². The van der Waals surface area contributed by atoms with Gasteiger partial charge in [0.05, 0.1) is 22.9 Å². The first kappa shape index (κ1) is 17.5. The highest BCUT2D eigenvalue weighted by atomic mass is 35.5. The number of hydrogen-bond acceptors (Lipinski definition) is 6. The van der Waals surface area contributed by atoms with Gasteiger partial charge in [-0.25, -0.2) is 22.8 Å². The van der Waals surface area contributed by atoms with E-state index in [1.165, 1.54) is 26.3 Å². The fourth-order valence-electron chi connectivity index (χ4n) is 2.47. The summed E-state index contributed by atoms with van der Waals surface area (Å²) in [6.07, 6.45) is 1.62. The second kappa shape index (κ2) is 6.51. The highest BCUT2D eigenvalue weighted by molar-refractivity contribution is 7.89. The van der Waals surface area contributed by atoms with Crippen molar-refractivity contribution in [1.29, 1.82) is 0 Å². The topological polar surface area (TPSA) is 98.1 Å². The number of methoxy groups -OCH3 is 1. The number of rotatable bonds is 5. The van der Waals surface area contributed by atoms with Crippen molar-refractivity contribution in [1.82, 2.24) is 19.5 Å². The first-order chi connectivity index (χ1) is 11.9. The van der Waals surface area contributed by atoms with Gasteiger partial charge < -0.3 is 10.1 Å². The Bertz CT molecular complexity index is 1050. The molecule has 2 aromatic heterocycles. The summed E-state index contributed by atoms with van der Waals surface area (Å²) >= 11 is 6.02. The summed E-state index contributed by atoms with van der Waals surface area (Å²) < 4.78 is 33.3. The molecule has 0 atom stereocenters. The number of ether oxygens (including phenoxy) is 1. The monoisotopic (exact) mass is 381 g/mol. The van der Waals surface area contributed by atoms with E-state index in [1.54, 1.807) is 30.1 Å². The zero-order valence-corrected chi connectivity index (χ0v) is 15.3. The van der Waals surface area contributed by atoms with Crippen LogP contribution in [0.25, 0.3) is 16.6 Å². The molecule has 0 aliphatic rings. The summed E-state index contributed by atoms with van der Waals surface area (Å²) in [4.78, 5) is 4.17. The molecule has 3 rings (SSSR count). The molecule has 0 saturated heterocycles. The van der Waals surface area contributed by atoms with Gasteiger partial charge in [0.2, 0.25) is 10.0 Å². The summed E-state index contributed by atoms with van der Waals surface area (Å²) in [5, 5.41) is 8.60. The smallest absolute Gasteiger partial charge is 0.240 e. The molecule has 0 amide bonds. The number of nitrogens with one attached hydrogen (secondary N) is 2. The number of aromatic nitrogens is 3. The average molecular weight is 382 g/mol. The third-order valence-corrected chi connectivity index (χ3v) is 5.35. The molecule has 132 valence electrons. The molecular formula is C15H16ClN5O3S. The molecule has 0 aliphatic carbocycles. The summed E-state index contributed by atoms with van der Waals surface area (Å²) in [7, 11) is 0.987. The molecule has 8 nitrogen and oxygen atoms in total. The predicted octanol–water partition coefficient (Wildman–Crippen LogP) is 2.03. The van der Waals surface area contributed by atoms with Crippen molar-refractivity contribution in [2.75, 3.05) is 26.5 Å². The molecule has 0 bridgehead atoms. The molecular weight excluding hydrogens is 366 g/mol. The lowest BCUT2D eigenvalue weighted by atomic mass is 10.2. The van der Waals surface area contributed by atoms with Gasteiger partial charge in [0.25, 0.3) is 0 Å². The maximum Gasteiger partial charge on any atom is 0.240 e. The fourth-order valence-corrected chi connectivity index (χ4v) is 3.37. The van der Waals surface area contributed by atoms with Gasteiger partial charge in [-0.1, -0.05) is 11.6 Å². The molecule has 1 aromatic carbocycles. The van der Waals surface area contributed by atoms with Crippen LogP contribution >= 0.6 is 11.6 Å². The Balaban J connectivity index is 2.26. The summed E-state index contributed by atoms with van der Waals surface area (Å²) in [5.74, 6) is 0.976. The van der Waals surface area contributed by atoms with E-state index in [0.717, 1.165) is 5.39 Å². The molecule has 0 aliphatic heterocycles. The molecule has 3 aromatic rings. The van der Waals surface area contributed by atoms with Crippen molar-refractivity contribution in [3.05, 3.63) is 35.6 Å². The van der Waals surface area contributed by atoms with E-state index in [0.29, 0.717) is 27.9 Å². The van der Waals surface area contributed by atoms with E-state index >= 15 is 0 Å². The number of anilines is 1.